The van der Waals surface area contributed by atoms with E-state index in [2.05, 4.69) is 51.3 Å². The topological polar surface area (TPSA) is 31.9 Å². The highest BCUT2D eigenvalue weighted by Gasteiger charge is 2.13. The lowest BCUT2D eigenvalue weighted by molar-refractivity contribution is 0.249. The van der Waals surface area contributed by atoms with Gasteiger partial charge in [0.05, 0.1) is 18.2 Å². The van der Waals surface area contributed by atoms with Gasteiger partial charge in [0, 0.05) is 19.6 Å². The van der Waals surface area contributed by atoms with Crippen molar-refractivity contribution in [3.8, 4) is 0 Å². The van der Waals surface area contributed by atoms with Gasteiger partial charge >= 0.3 is 0 Å². The van der Waals surface area contributed by atoms with Crippen molar-refractivity contribution < 1.29 is 0 Å². The third-order valence-corrected chi connectivity index (χ3v) is 3.63. The lowest BCUT2D eigenvalue weighted by Gasteiger charge is -2.28. The van der Waals surface area contributed by atoms with Crippen LogP contribution in [0, 0.1) is 0 Å². The van der Waals surface area contributed by atoms with Crippen LogP contribution in [-0.2, 0) is 6.54 Å². The average Bonchev–Trinajstić information content (AvgIpc) is 2.95. The van der Waals surface area contributed by atoms with Gasteiger partial charge in [-0.1, -0.05) is 35.9 Å². The Kier molecular flexibility index (Phi) is 7.93. The SMILES string of the molecule is Br.Br.C(=C1CCN(Cc2ccccc2)CC1)c1cnc[nH]1. The summed E-state index contributed by atoms with van der Waals surface area (Å²) in [5.74, 6) is 0. The van der Waals surface area contributed by atoms with E-state index in [4.69, 9.17) is 0 Å². The molecule has 5 heteroatoms. The summed E-state index contributed by atoms with van der Waals surface area (Å²) in [6.45, 7) is 3.36. The molecule has 0 saturated carbocycles. The number of nitrogens with one attached hydrogen (secondary N) is 1. The van der Waals surface area contributed by atoms with Crippen molar-refractivity contribution in [1.82, 2.24) is 14.9 Å². The van der Waals surface area contributed by atoms with E-state index < -0.39 is 0 Å². The van der Waals surface area contributed by atoms with Crippen molar-refractivity contribution in [3.05, 3.63) is 59.7 Å². The van der Waals surface area contributed by atoms with Gasteiger partial charge in [0.15, 0.2) is 0 Å². The van der Waals surface area contributed by atoms with Crippen LogP contribution in [0.3, 0.4) is 0 Å². The number of aromatic amines is 1. The first kappa shape index (κ1) is 18.1. The molecule has 1 aliphatic rings. The summed E-state index contributed by atoms with van der Waals surface area (Å²) >= 11 is 0. The molecule has 0 radical (unpaired) electrons. The van der Waals surface area contributed by atoms with Gasteiger partial charge in [-0.05, 0) is 24.5 Å². The first-order valence-electron chi connectivity index (χ1n) is 6.84. The van der Waals surface area contributed by atoms with Crippen LogP contribution in [0.2, 0.25) is 0 Å². The Morgan fingerprint density at radius 2 is 1.81 bits per heavy atom. The van der Waals surface area contributed by atoms with Crippen LogP contribution >= 0.6 is 34.0 Å². The standard InChI is InChI=1S/C16H19N3.2BrH/c1-2-4-15(5-3-1)12-19-8-6-14(7-9-19)10-16-11-17-13-18-16;;/h1-5,10-11,13H,6-9,12H2,(H,17,18);2*1H. The Labute approximate surface area is 147 Å². The van der Waals surface area contributed by atoms with Gasteiger partial charge in [0.1, 0.15) is 0 Å². The average molecular weight is 415 g/mol. The number of nitrogens with zero attached hydrogens (tertiary/aromatic N) is 2. The predicted molar refractivity (Wildman–Crippen MR) is 98.2 cm³/mol. The monoisotopic (exact) mass is 413 g/mol. The normalized spacial score (nSPS) is 15.0. The highest BCUT2D eigenvalue weighted by Crippen LogP contribution is 2.20. The number of likely N-dealkylation sites (tertiary alicyclic amines) is 1. The van der Waals surface area contributed by atoms with Crippen LogP contribution in [0.1, 0.15) is 24.1 Å². The minimum absolute atomic E-state index is 0. The van der Waals surface area contributed by atoms with Gasteiger partial charge in [0.25, 0.3) is 0 Å². The van der Waals surface area contributed by atoms with Gasteiger partial charge in [-0.15, -0.1) is 34.0 Å². The van der Waals surface area contributed by atoms with E-state index in [-0.39, 0.29) is 34.0 Å². The maximum atomic E-state index is 4.05. The van der Waals surface area contributed by atoms with E-state index in [1.807, 2.05) is 6.20 Å². The molecule has 2 heterocycles. The van der Waals surface area contributed by atoms with Crippen molar-refractivity contribution in [2.75, 3.05) is 13.1 Å². The molecule has 21 heavy (non-hydrogen) atoms. The molecule has 0 spiro atoms. The van der Waals surface area contributed by atoms with Crippen LogP contribution in [0.15, 0.2) is 48.4 Å². The number of hydrogen-bond acceptors (Lipinski definition) is 2. The van der Waals surface area contributed by atoms with E-state index in [0.717, 1.165) is 38.2 Å². The second kappa shape index (κ2) is 9.18. The van der Waals surface area contributed by atoms with Gasteiger partial charge in [0.2, 0.25) is 0 Å². The van der Waals surface area contributed by atoms with Crippen molar-refractivity contribution in [2.45, 2.75) is 19.4 Å². The molecule has 1 aliphatic heterocycles. The molecule has 0 unspecified atom stereocenters. The molecule has 0 bridgehead atoms. The highest BCUT2D eigenvalue weighted by atomic mass is 79.9. The molecule has 1 N–H and O–H groups in total. The Morgan fingerprint density at radius 1 is 1.10 bits per heavy atom. The molecule has 0 atom stereocenters. The molecule has 3 nitrogen and oxygen atoms in total. The van der Waals surface area contributed by atoms with E-state index >= 15 is 0 Å². The zero-order chi connectivity index (χ0) is 12.9. The number of rotatable bonds is 3. The number of hydrogen-bond donors (Lipinski definition) is 1. The van der Waals surface area contributed by atoms with Crippen LogP contribution in [-0.4, -0.2) is 28.0 Å². The van der Waals surface area contributed by atoms with Crippen molar-refractivity contribution in [3.63, 3.8) is 0 Å². The van der Waals surface area contributed by atoms with Crippen molar-refractivity contribution >= 4 is 40.0 Å². The fourth-order valence-electron chi connectivity index (χ4n) is 2.55. The molecule has 114 valence electrons. The lowest BCUT2D eigenvalue weighted by atomic mass is 10.0. The van der Waals surface area contributed by atoms with Crippen molar-refractivity contribution in [2.24, 2.45) is 0 Å². The van der Waals surface area contributed by atoms with Gasteiger partial charge in [-0.25, -0.2) is 4.98 Å². The molecule has 1 aromatic heterocycles. The van der Waals surface area contributed by atoms with E-state index in [9.17, 15) is 0 Å². The molecular weight excluding hydrogens is 394 g/mol. The Morgan fingerprint density at radius 3 is 2.43 bits per heavy atom. The quantitative estimate of drug-likeness (QED) is 0.814. The maximum Gasteiger partial charge on any atom is 0.0924 e. The number of piperidine rings is 1. The van der Waals surface area contributed by atoms with E-state index in [0.29, 0.717) is 0 Å². The lowest BCUT2D eigenvalue weighted by Crippen LogP contribution is -2.30. The molecule has 0 amide bonds. The number of halogens is 2. The van der Waals surface area contributed by atoms with Crippen LogP contribution in [0.5, 0.6) is 0 Å². The summed E-state index contributed by atoms with van der Waals surface area (Å²) in [5.41, 5.74) is 4.04. The van der Waals surface area contributed by atoms with E-state index in [1.54, 1.807) is 6.33 Å². The molecule has 1 aromatic carbocycles. The highest BCUT2D eigenvalue weighted by molar-refractivity contribution is 8.93. The largest absolute Gasteiger partial charge is 0.345 e. The minimum atomic E-state index is 0. The number of H-pyrrole nitrogens is 1. The van der Waals surface area contributed by atoms with Gasteiger partial charge in [-0.3, -0.25) is 4.90 Å². The summed E-state index contributed by atoms with van der Waals surface area (Å²) in [6.07, 6.45) is 8.17. The molecule has 0 aliphatic carbocycles. The second-order valence-corrected chi connectivity index (χ2v) is 5.07. The molecule has 2 aromatic rings. The molecule has 3 rings (SSSR count). The first-order valence-corrected chi connectivity index (χ1v) is 6.84. The summed E-state index contributed by atoms with van der Waals surface area (Å²) < 4.78 is 0. The van der Waals surface area contributed by atoms with Crippen LogP contribution < -0.4 is 0 Å². The number of aromatic nitrogens is 2. The summed E-state index contributed by atoms with van der Waals surface area (Å²) in [7, 11) is 0. The summed E-state index contributed by atoms with van der Waals surface area (Å²) in [4.78, 5) is 9.71. The predicted octanol–water partition coefficient (Wildman–Crippen LogP) is 4.24. The number of imidazole rings is 1. The zero-order valence-corrected chi connectivity index (χ0v) is 15.3. The van der Waals surface area contributed by atoms with Gasteiger partial charge in [-0.2, -0.15) is 0 Å². The number of benzene rings is 1. The summed E-state index contributed by atoms with van der Waals surface area (Å²) in [6, 6.07) is 10.7. The Hall–Kier alpha value is -0.910. The first-order chi connectivity index (χ1) is 9.40. The third-order valence-electron chi connectivity index (χ3n) is 3.63. The van der Waals surface area contributed by atoms with Gasteiger partial charge < -0.3 is 4.98 Å². The molecule has 1 saturated heterocycles. The Balaban J connectivity index is 0.00000110. The smallest absolute Gasteiger partial charge is 0.0924 e. The van der Waals surface area contributed by atoms with Crippen LogP contribution in [0.4, 0.5) is 0 Å². The third kappa shape index (κ3) is 5.41. The fourth-order valence-corrected chi connectivity index (χ4v) is 2.55. The fraction of sp³-hybridized carbons (Fsp3) is 0.312. The second-order valence-electron chi connectivity index (χ2n) is 5.07. The maximum absolute atomic E-state index is 4.05. The van der Waals surface area contributed by atoms with Crippen molar-refractivity contribution in [1.29, 1.82) is 0 Å². The Bertz CT molecular complexity index is 528. The summed E-state index contributed by atoms with van der Waals surface area (Å²) in [5, 5.41) is 0. The minimum Gasteiger partial charge on any atom is -0.345 e. The zero-order valence-electron chi connectivity index (χ0n) is 11.9. The molecular formula is C16H21Br2N3. The van der Waals surface area contributed by atoms with Crippen LogP contribution in [0.25, 0.3) is 6.08 Å². The van der Waals surface area contributed by atoms with E-state index in [1.165, 1.54) is 11.1 Å². The molecule has 1 fully saturated rings.